The lowest BCUT2D eigenvalue weighted by atomic mass is 10.2. The SMILES string of the molecule is CN(CC[C@H]1CO1)Cc1ccccc1. The minimum atomic E-state index is 0.549. The lowest BCUT2D eigenvalue weighted by Gasteiger charge is -2.15. The summed E-state index contributed by atoms with van der Waals surface area (Å²) >= 11 is 0. The Bertz CT molecular complexity index is 269. The maximum absolute atomic E-state index is 5.18. The summed E-state index contributed by atoms with van der Waals surface area (Å²) in [4.78, 5) is 2.34. The van der Waals surface area contributed by atoms with Crippen molar-refractivity contribution in [3.05, 3.63) is 35.9 Å². The van der Waals surface area contributed by atoms with Crippen LogP contribution in [0.1, 0.15) is 12.0 Å². The van der Waals surface area contributed by atoms with Crippen LogP contribution in [0.5, 0.6) is 0 Å². The molecule has 0 radical (unpaired) electrons. The molecule has 1 aromatic rings. The molecule has 1 aliphatic rings. The first-order valence-corrected chi connectivity index (χ1v) is 5.18. The third-order valence-electron chi connectivity index (χ3n) is 2.53. The lowest BCUT2D eigenvalue weighted by molar-refractivity contribution is 0.296. The predicted molar refractivity (Wildman–Crippen MR) is 57.1 cm³/mol. The lowest BCUT2D eigenvalue weighted by Crippen LogP contribution is -2.20. The quantitative estimate of drug-likeness (QED) is 0.661. The second kappa shape index (κ2) is 4.58. The molecule has 76 valence electrons. The highest BCUT2D eigenvalue weighted by Crippen LogP contribution is 2.14. The molecule has 0 amide bonds. The van der Waals surface area contributed by atoms with Gasteiger partial charge >= 0.3 is 0 Å². The van der Waals surface area contributed by atoms with E-state index in [1.54, 1.807) is 0 Å². The molecular weight excluding hydrogens is 174 g/mol. The van der Waals surface area contributed by atoms with Gasteiger partial charge in [-0.25, -0.2) is 0 Å². The van der Waals surface area contributed by atoms with Gasteiger partial charge in [0.2, 0.25) is 0 Å². The zero-order valence-corrected chi connectivity index (χ0v) is 8.65. The van der Waals surface area contributed by atoms with E-state index in [-0.39, 0.29) is 0 Å². The molecule has 1 fully saturated rings. The Morgan fingerprint density at radius 2 is 2.07 bits per heavy atom. The monoisotopic (exact) mass is 191 g/mol. The van der Waals surface area contributed by atoms with Crippen molar-refractivity contribution in [3.63, 3.8) is 0 Å². The average molecular weight is 191 g/mol. The fraction of sp³-hybridized carbons (Fsp3) is 0.500. The Morgan fingerprint density at radius 3 is 2.71 bits per heavy atom. The third kappa shape index (κ3) is 3.13. The molecule has 1 saturated heterocycles. The largest absolute Gasteiger partial charge is 0.373 e. The highest BCUT2D eigenvalue weighted by Gasteiger charge is 2.21. The molecule has 1 atom stereocenters. The fourth-order valence-electron chi connectivity index (χ4n) is 1.57. The second-order valence-corrected chi connectivity index (χ2v) is 3.97. The van der Waals surface area contributed by atoms with E-state index in [9.17, 15) is 0 Å². The van der Waals surface area contributed by atoms with Crippen LogP contribution in [-0.2, 0) is 11.3 Å². The van der Waals surface area contributed by atoms with Gasteiger partial charge in [0.15, 0.2) is 0 Å². The van der Waals surface area contributed by atoms with Crippen molar-refractivity contribution in [2.45, 2.75) is 19.1 Å². The van der Waals surface area contributed by atoms with Gasteiger partial charge in [-0.05, 0) is 19.0 Å². The van der Waals surface area contributed by atoms with Crippen LogP contribution >= 0.6 is 0 Å². The first kappa shape index (κ1) is 9.69. The molecule has 2 heteroatoms. The first-order valence-electron chi connectivity index (χ1n) is 5.18. The number of nitrogens with zero attached hydrogens (tertiary/aromatic N) is 1. The molecule has 14 heavy (non-hydrogen) atoms. The molecule has 2 nitrogen and oxygen atoms in total. The maximum atomic E-state index is 5.18. The standard InChI is InChI=1S/C12H17NO/c1-13(8-7-12-10-14-12)9-11-5-3-2-4-6-11/h2-6,12H,7-10H2,1H3/t12-/m0/s1. The van der Waals surface area contributed by atoms with Crippen LogP contribution in [0.25, 0.3) is 0 Å². The molecule has 1 aliphatic heterocycles. The molecule has 0 bridgehead atoms. The summed E-state index contributed by atoms with van der Waals surface area (Å²) in [5.74, 6) is 0. The van der Waals surface area contributed by atoms with Gasteiger partial charge in [0.1, 0.15) is 0 Å². The minimum Gasteiger partial charge on any atom is -0.373 e. The molecule has 0 N–H and O–H groups in total. The molecule has 0 spiro atoms. The Kier molecular flexibility index (Phi) is 3.17. The van der Waals surface area contributed by atoms with E-state index in [0.717, 1.165) is 19.7 Å². The van der Waals surface area contributed by atoms with Crippen LogP contribution in [-0.4, -0.2) is 31.2 Å². The second-order valence-electron chi connectivity index (χ2n) is 3.97. The van der Waals surface area contributed by atoms with Crippen molar-refractivity contribution in [1.29, 1.82) is 0 Å². The number of benzene rings is 1. The molecule has 0 aliphatic carbocycles. The number of hydrogen-bond acceptors (Lipinski definition) is 2. The predicted octanol–water partition coefficient (Wildman–Crippen LogP) is 1.91. The Morgan fingerprint density at radius 1 is 1.36 bits per heavy atom. The van der Waals surface area contributed by atoms with Gasteiger partial charge in [0, 0.05) is 13.1 Å². The summed E-state index contributed by atoms with van der Waals surface area (Å²) in [5, 5.41) is 0. The van der Waals surface area contributed by atoms with Crippen molar-refractivity contribution >= 4 is 0 Å². The van der Waals surface area contributed by atoms with Crippen LogP contribution in [0.15, 0.2) is 30.3 Å². The van der Waals surface area contributed by atoms with Crippen LogP contribution in [0.2, 0.25) is 0 Å². The maximum Gasteiger partial charge on any atom is 0.0822 e. The highest BCUT2D eigenvalue weighted by atomic mass is 16.6. The third-order valence-corrected chi connectivity index (χ3v) is 2.53. The Balaban J connectivity index is 1.73. The Hall–Kier alpha value is -0.860. The van der Waals surface area contributed by atoms with Gasteiger partial charge < -0.3 is 9.64 Å². The van der Waals surface area contributed by atoms with Crippen LogP contribution in [0, 0.1) is 0 Å². The molecule has 0 saturated carbocycles. The normalized spacial score (nSPS) is 20.0. The van der Waals surface area contributed by atoms with E-state index >= 15 is 0 Å². The topological polar surface area (TPSA) is 15.8 Å². The fourth-order valence-corrected chi connectivity index (χ4v) is 1.57. The van der Waals surface area contributed by atoms with Crippen molar-refractivity contribution in [1.82, 2.24) is 4.90 Å². The van der Waals surface area contributed by atoms with E-state index in [4.69, 9.17) is 4.74 Å². The van der Waals surface area contributed by atoms with Crippen LogP contribution in [0.4, 0.5) is 0 Å². The van der Waals surface area contributed by atoms with Gasteiger partial charge in [0.05, 0.1) is 12.7 Å². The Labute approximate surface area is 85.5 Å². The van der Waals surface area contributed by atoms with Crippen LogP contribution in [0.3, 0.4) is 0 Å². The summed E-state index contributed by atoms with van der Waals surface area (Å²) in [5.41, 5.74) is 1.38. The van der Waals surface area contributed by atoms with E-state index in [1.165, 1.54) is 12.0 Å². The number of ether oxygens (including phenoxy) is 1. The number of rotatable bonds is 5. The van der Waals surface area contributed by atoms with Crippen molar-refractivity contribution in [2.24, 2.45) is 0 Å². The molecular formula is C12H17NO. The van der Waals surface area contributed by atoms with Gasteiger partial charge in [-0.1, -0.05) is 30.3 Å². The molecule has 2 rings (SSSR count). The summed E-state index contributed by atoms with van der Waals surface area (Å²) in [7, 11) is 2.16. The number of hydrogen-bond donors (Lipinski definition) is 0. The smallest absolute Gasteiger partial charge is 0.0822 e. The van der Waals surface area contributed by atoms with E-state index < -0.39 is 0 Å². The van der Waals surface area contributed by atoms with Gasteiger partial charge in [-0.15, -0.1) is 0 Å². The summed E-state index contributed by atoms with van der Waals surface area (Å²) < 4.78 is 5.18. The number of epoxide rings is 1. The van der Waals surface area contributed by atoms with E-state index in [2.05, 4.69) is 42.3 Å². The molecule has 1 heterocycles. The van der Waals surface area contributed by atoms with Crippen LogP contribution < -0.4 is 0 Å². The minimum absolute atomic E-state index is 0.549. The van der Waals surface area contributed by atoms with E-state index in [1.807, 2.05) is 0 Å². The summed E-state index contributed by atoms with van der Waals surface area (Å²) in [6.45, 7) is 3.13. The van der Waals surface area contributed by atoms with Gasteiger partial charge in [-0.2, -0.15) is 0 Å². The summed E-state index contributed by atoms with van der Waals surface area (Å²) in [6.07, 6.45) is 1.72. The molecule has 0 unspecified atom stereocenters. The van der Waals surface area contributed by atoms with Gasteiger partial charge in [0.25, 0.3) is 0 Å². The highest BCUT2D eigenvalue weighted by molar-refractivity contribution is 5.14. The molecule has 1 aromatic carbocycles. The zero-order valence-electron chi connectivity index (χ0n) is 8.65. The molecule has 0 aromatic heterocycles. The van der Waals surface area contributed by atoms with Crippen molar-refractivity contribution in [3.8, 4) is 0 Å². The van der Waals surface area contributed by atoms with E-state index in [0.29, 0.717) is 6.10 Å². The first-order chi connectivity index (χ1) is 6.84. The van der Waals surface area contributed by atoms with Crippen molar-refractivity contribution < 1.29 is 4.74 Å². The zero-order chi connectivity index (χ0) is 9.80. The average Bonchev–Trinajstić information content (AvgIpc) is 3.00. The van der Waals surface area contributed by atoms with Crippen molar-refractivity contribution in [2.75, 3.05) is 20.2 Å². The van der Waals surface area contributed by atoms with Gasteiger partial charge in [-0.3, -0.25) is 0 Å². The summed E-state index contributed by atoms with van der Waals surface area (Å²) in [6, 6.07) is 10.6.